The van der Waals surface area contributed by atoms with Crippen molar-refractivity contribution in [3.63, 3.8) is 0 Å². The normalized spacial score (nSPS) is 20.0. The van der Waals surface area contributed by atoms with E-state index in [-0.39, 0.29) is 11.8 Å². The van der Waals surface area contributed by atoms with Crippen LogP contribution in [0.25, 0.3) is 6.08 Å². The van der Waals surface area contributed by atoms with E-state index in [4.69, 9.17) is 4.42 Å². The summed E-state index contributed by atoms with van der Waals surface area (Å²) < 4.78 is 5.19. The first-order valence-electron chi connectivity index (χ1n) is 9.23. The topological polar surface area (TPSA) is 57.0 Å². The van der Waals surface area contributed by atoms with Crippen molar-refractivity contribution in [2.24, 2.45) is 0 Å². The molecule has 0 spiro atoms. The van der Waals surface area contributed by atoms with Crippen LogP contribution in [0.2, 0.25) is 0 Å². The average Bonchev–Trinajstić information content (AvgIpc) is 3.00. The summed E-state index contributed by atoms with van der Waals surface area (Å²) in [6, 6.07) is 3.61. The minimum Gasteiger partial charge on any atom is -0.465 e. The van der Waals surface area contributed by atoms with E-state index >= 15 is 0 Å². The number of carbonyl (C=O) groups excluding carboxylic acids is 2. The van der Waals surface area contributed by atoms with E-state index in [1.54, 1.807) is 24.5 Å². The Labute approximate surface area is 149 Å². The van der Waals surface area contributed by atoms with Gasteiger partial charge in [-0.15, -0.1) is 0 Å². The predicted molar refractivity (Wildman–Crippen MR) is 95.8 cm³/mol. The van der Waals surface area contributed by atoms with Crippen molar-refractivity contribution < 1.29 is 14.0 Å². The zero-order valence-electron chi connectivity index (χ0n) is 14.7. The summed E-state index contributed by atoms with van der Waals surface area (Å²) in [5.74, 6) is 0.907. The molecule has 0 N–H and O–H groups in total. The molecule has 0 radical (unpaired) electrons. The molecule has 0 unspecified atom stereocenters. The molecule has 2 amide bonds. The van der Waals surface area contributed by atoms with Crippen LogP contribution >= 0.6 is 0 Å². The Hall–Kier alpha value is -2.08. The maximum absolute atomic E-state index is 12.5. The number of rotatable bonds is 4. The minimum atomic E-state index is -0.00473. The summed E-state index contributed by atoms with van der Waals surface area (Å²) >= 11 is 0. The lowest BCUT2D eigenvalue weighted by Gasteiger charge is -2.34. The van der Waals surface area contributed by atoms with Crippen LogP contribution in [0, 0.1) is 0 Å². The maximum Gasteiger partial charge on any atom is 0.246 e. The maximum atomic E-state index is 12.5. The fourth-order valence-electron chi connectivity index (χ4n) is 3.38. The zero-order chi connectivity index (χ0) is 17.5. The second-order valence-corrected chi connectivity index (χ2v) is 6.75. The van der Waals surface area contributed by atoms with Crippen molar-refractivity contribution in [1.29, 1.82) is 0 Å². The second kappa shape index (κ2) is 8.85. The highest BCUT2D eigenvalue weighted by Gasteiger charge is 2.23. The predicted octanol–water partition coefficient (Wildman–Crippen LogP) is 1.84. The van der Waals surface area contributed by atoms with Crippen LogP contribution in [0.15, 0.2) is 28.9 Å². The third-order valence-electron chi connectivity index (χ3n) is 4.93. The van der Waals surface area contributed by atoms with Gasteiger partial charge in [-0.05, 0) is 31.1 Å². The van der Waals surface area contributed by atoms with Gasteiger partial charge in [-0.1, -0.05) is 12.8 Å². The van der Waals surface area contributed by atoms with Crippen LogP contribution in [0.4, 0.5) is 0 Å². The molecule has 0 aromatic carbocycles. The number of carbonyl (C=O) groups is 2. The van der Waals surface area contributed by atoms with Gasteiger partial charge in [0.05, 0.1) is 12.8 Å². The van der Waals surface area contributed by atoms with Crippen molar-refractivity contribution in [3.05, 3.63) is 30.2 Å². The quantitative estimate of drug-likeness (QED) is 0.782. The molecule has 0 atom stereocenters. The van der Waals surface area contributed by atoms with E-state index < -0.39 is 0 Å². The summed E-state index contributed by atoms with van der Waals surface area (Å²) in [6.07, 6.45) is 9.54. The van der Waals surface area contributed by atoms with E-state index in [9.17, 15) is 9.59 Å². The van der Waals surface area contributed by atoms with Gasteiger partial charge in [0.25, 0.3) is 0 Å². The highest BCUT2D eigenvalue weighted by Crippen LogP contribution is 2.11. The van der Waals surface area contributed by atoms with E-state index in [2.05, 4.69) is 4.90 Å². The van der Waals surface area contributed by atoms with Crippen molar-refractivity contribution in [2.75, 3.05) is 45.8 Å². The largest absolute Gasteiger partial charge is 0.465 e. The summed E-state index contributed by atoms with van der Waals surface area (Å²) in [4.78, 5) is 30.7. The molecule has 0 saturated carbocycles. The Morgan fingerprint density at radius 2 is 1.68 bits per heavy atom. The number of hydrogen-bond acceptors (Lipinski definition) is 4. The molecule has 2 aliphatic heterocycles. The molecule has 3 rings (SSSR count). The third-order valence-corrected chi connectivity index (χ3v) is 4.93. The zero-order valence-corrected chi connectivity index (χ0v) is 14.7. The lowest BCUT2D eigenvalue weighted by Crippen LogP contribution is -2.51. The van der Waals surface area contributed by atoms with E-state index in [0.29, 0.717) is 25.4 Å². The molecule has 6 nitrogen and oxygen atoms in total. The molecule has 0 bridgehead atoms. The molecule has 6 heteroatoms. The highest BCUT2D eigenvalue weighted by molar-refractivity contribution is 5.91. The van der Waals surface area contributed by atoms with Crippen LogP contribution < -0.4 is 0 Å². The van der Waals surface area contributed by atoms with Crippen LogP contribution in [-0.4, -0.2) is 72.3 Å². The number of amides is 2. The summed E-state index contributed by atoms with van der Waals surface area (Å²) in [7, 11) is 0. The first-order chi connectivity index (χ1) is 12.2. The van der Waals surface area contributed by atoms with Crippen LogP contribution in [0.1, 0.15) is 31.4 Å². The fourth-order valence-corrected chi connectivity index (χ4v) is 3.38. The molecule has 1 aromatic heterocycles. The molecule has 2 aliphatic rings. The average molecular weight is 345 g/mol. The Balaban J connectivity index is 1.42. The molecule has 2 saturated heterocycles. The van der Waals surface area contributed by atoms with E-state index in [1.807, 2.05) is 15.9 Å². The van der Waals surface area contributed by atoms with Gasteiger partial charge in [0.2, 0.25) is 11.8 Å². The number of likely N-dealkylation sites (tertiary alicyclic amines) is 1. The van der Waals surface area contributed by atoms with Crippen molar-refractivity contribution >= 4 is 17.9 Å². The standard InChI is InChI=1S/C19H27N3O3/c23-18(8-7-17-6-5-15-25-17)22-13-11-20(12-14-22)16-19(24)21-9-3-1-2-4-10-21/h5-8,15H,1-4,9-14,16H2. The van der Waals surface area contributed by atoms with Gasteiger partial charge in [0.1, 0.15) is 5.76 Å². The molecule has 25 heavy (non-hydrogen) atoms. The first kappa shape index (κ1) is 17.7. The van der Waals surface area contributed by atoms with Crippen molar-refractivity contribution in [2.45, 2.75) is 25.7 Å². The summed E-state index contributed by atoms with van der Waals surface area (Å²) in [5.41, 5.74) is 0. The molecule has 0 aliphatic carbocycles. The molecular formula is C19H27N3O3. The highest BCUT2D eigenvalue weighted by atomic mass is 16.3. The summed E-state index contributed by atoms with van der Waals surface area (Å²) in [6.45, 7) is 5.09. The molecule has 1 aromatic rings. The first-order valence-corrected chi connectivity index (χ1v) is 9.23. The van der Waals surface area contributed by atoms with Gasteiger partial charge in [-0.3, -0.25) is 14.5 Å². The van der Waals surface area contributed by atoms with Crippen LogP contribution in [0.5, 0.6) is 0 Å². The smallest absolute Gasteiger partial charge is 0.246 e. The number of nitrogens with zero attached hydrogens (tertiary/aromatic N) is 3. The lowest BCUT2D eigenvalue weighted by molar-refractivity contribution is -0.133. The summed E-state index contributed by atoms with van der Waals surface area (Å²) in [5, 5.41) is 0. The molecule has 3 heterocycles. The van der Waals surface area contributed by atoms with Crippen LogP contribution in [-0.2, 0) is 9.59 Å². The minimum absolute atomic E-state index is 0.00473. The number of hydrogen-bond donors (Lipinski definition) is 0. The van der Waals surface area contributed by atoms with Crippen molar-refractivity contribution in [3.8, 4) is 0 Å². The third kappa shape index (κ3) is 5.19. The van der Waals surface area contributed by atoms with Gasteiger partial charge in [-0.25, -0.2) is 0 Å². The number of furan rings is 1. The Morgan fingerprint density at radius 3 is 2.32 bits per heavy atom. The van der Waals surface area contributed by atoms with E-state index in [0.717, 1.165) is 39.0 Å². The SMILES string of the molecule is O=C(C=Cc1ccco1)N1CCN(CC(=O)N2CCCCCC2)CC1. The fraction of sp³-hybridized carbons (Fsp3) is 0.579. The monoisotopic (exact) mass is 345 g/mol. The Kier molecular flexibility index (Phi) is 6.28. The van der Waals surface area contributed by atoms with E-state index in [1.165, 1.54) is 12.8 Å². The van der Waals surface area contributed by atoms with Gasteiger partial charge < -0.3 is 14.2 Å². The number of piperazine rings is 1. The van der Waals surface area contributed by atoms with Crippen LogP contribution in [0.3, 0.4) is 0 Å². The Morgan fingerprint density at radius 1 is 0.960 bits per heavy atom. The van der Waals surface area contributed by atoms with Gasteiger partial charge >= 0.3 is 0 Å². The second-order valence-electron chi connectivity index (χ2n) is 6.75. The molecular weight excluding hydrogens is 318 g/mol. The molecule has 136 valence electrons. The lowest BCUT2D eigenvalue weighted by atomic mass is 10.2. The van der Waals surface area contributed by atoms with Crippen molar-refractivity contribution in [1.82, 2.24) is 14.7 Å². The van der Waals surface area contributed by atoms with Gasteiger partial charge in [0, 0.05) is 45.3 Å². The Bertz CT molecular complexity index is 581. The van der Waals surface area contributed by atoms with Gasteiger partial charge in [-0.2, -0.15) is 0 Å². The van der Waals surface area contributed by atoms with Gasteiger partial charge in [0.15, 0.2) is 0 Å². The molecule has 2 fully saturated rings.